The van der Waals surface area contributed by atoms with Gasteiger partial charge >= 0.3 is 0 Å². The highest BCUT2D eigenvalue weighted by Gasteiger charge is 2.12. The summed E-state index contributed by atoms with van der Waals surface area (Å²) < 4.78 is 5.18. The zero-order valence-corrected chi connectivity index (χ0v) is 11.2. The number of carbonyl (C=O) groups excluding carboxylic acids is 1. The number of carbonyl (C=O) groups is 1. The van der Waals surface area contributed by atoms with Crippen LogP contribution in [-0.2, 0) is 6.42 Å². The second kappa shape index (κ2) is 6.24. The SMILES string of the molecule is CNc1ccc(Cl)c(C(=O)NCCc2ccco2)n1. The van der Waals surface area contributed by atoms with Crippen LogP contribution in [0.1, 0.15) is 16.2 Å². The highest BCUT2D eigenvalue weighted by Crippen LogP contribution is 2.16. The second-order valence-electron chi connectivity index (χ2n) is 3.86. The monoisotopic (exact) mass is 279 g/mol. The lowest BCUT2D eigenvalue weighted by atomic mass is 10.3. The van der Waals surface area contributed by atoms with E-state index in [2.05, 4.69) is 15.6 Å². The van der Waals surface area contributed by atoms with E-state index >= 15 is 0 Å². The summed E-state index contributed by atoms with van der Waals surface area (Å²) in [6.07, 6.45) is 2.23. The van der Waals surface area contributed by atoms with Crippen LogP contribution in [0.5, 0.6) is 0 Å². The predicted octanol–water partition coefficient (Wildman–Crippen LogP) is 2.34. The first-order chi connectivity index (χ1) is 9.20. The van der Waals surface area contributed by atoms with Crippen molar-refractivity contribution in [3.05, 3.63) is 47.0 Å². The topological polar surface area (TPSA) is 67.2 Å². The number of aromatic nitrogens is 1. The van der Waals surface area contributed by atoms with Crippen molar-refractivity contribution in [1.29, 1.82) is 0 Å². The van der Waals surface area contributed by atoms with Gasteiger partial charge in [-0.1, -0.05) is 11.6 Å². The zero-order chi connectivity index (χ0) is 13.7. The van der Waals surface area contributed by atoms with Crippen molar-refractivity contribution in [3.8, 4) is 0 Å². The Morgan fingerprint density at radius 2 is 2.26 bits per heavy atom. The van der Waals surface area contributed by atoms with E-state index < -0.39 is 0 Å². The van der Waals surface area contributed by atoms with Crippen LogP contribution in [0.2, 0.25) is 5.02 Å². The number of nitrogens with zero attached hydrogens (tertiary/aromatic N) is 1. The molecule has 2 heterocycles. The number of anilines is 1. The molecule has 2 aromatic heterocycles. The molecular formula is C13H14ClN3O2. The third-order valence-electron chi connectivity index (χ3n) is 2.55. The van der Waals surface area contributed by atoms with E-state index in [4.69, 9.17) is 16.0 Å². The number of halogens is 1. The molecule has 2 rings (SSSR count). The molecule has 0 saturated carbocycles. The lowest BCUT2D eigenvalue weighted by Gasteiger charge is -2.07. The number of nitrogens with one attached hydrogen (secondary N) is 2. The molecule has 0 saturated heterocycles. The van der Waals surface area contributed by atoms with E-state index in [1.54, 1.807) is 25.4 Å². The van der Waals surface area contributed by atoms with Gasteiger partial charge < -0.3 is 15.1 Å². The normalized spacial score (nSPS) is 10.2. The minimum absolute atomic E-state index is 0.216. The molecule has 0 fully saturated rings. The summed E-state index contributed by atoms with van der Waals surface area (Å²) in [6.45, 7) is 0.466. The second-order valence-corrected chi connectivity index (χ2v) is 4.27. The first-order valence-electron chi connectivity index (χ1n) is 5.85. The summed E-state index contributed by atoms with van der Waals surface area (Å²) >= 11 is 5.96. The number of hydrogen-bond donors (Lipinski definition) is 2. The molecule has 2 aromatic rings. The highest BCUT2D eigenvalue weighted by atomic mass is 35.5. The molecule has 1 amide bonds. The van der Waals surface area contributed by atoms with Crippen LogP contribution in [-0.4, -0.2) is 24.5 Å². The number of pyridine rings is 1. The van der Waals surface area contributed by atoms with E-state index in [1.807, 2.05) is 12.1 Å². The van der Waals surface area contributed by atoms with Crippen LogP contribution >= 0.6 is 11.6 Å². The average Bonchev–Trinajstić information content (AvgIpc) is 2.92. The van der Waals surface area contributed by atoms with Crippen molar-refractivity contribution in [1.82, 2.24) is 10.3 Å². The van der Waals surface area contributed by atoms with Crippen molar-refractivity contribution >= 4 is 23.3 Å². The molecule has 0 unspecified atom stereocenters. The van der Waals surface area contributed by atoms with Gasteiger partial charge in [0.2, 0.25) is 0 Å². The van der Waals surface area contributed by atoms with Crippen molar-refractivity contribution in [2.24, 2.45) is 0 Å². The Labute approximate surface area is 116 Å². The molecule has 0 aromatic carbocycles. The standard InChI is InChI=1S/C13H14ClN3O2/c1-15-11-5-4-10(14)12(17-11)13(18)16-7-6-9-3-2-8-19-9/h2-5,8H,6-7H2,1H3,(H,15,17)(H,16,18). The summed E-state index contributed by atoms with van der Waals surface area (Å²) in [4.78, 5) is 16.1. The summed E-state index contributed by atoms with van der Waals surface area (Å²) in [5.41, 5.74) is 0.216. The number of amides is 1. The molecule has 0 aliphatic carbocycles. The van der Waals surface area contributed by atoms with Crippen molar-refractivity contribution in [2.75, 3.05) is 18.9 Å². The molecule has 19 heavy (non-hydrogen) atoms. The van der Waals surface area contributed by atoms with E-state index in [9.17, 15) is 4.79 Å². The van der Waals surface area contributed by atoms with Crippen LogP contribution < -0.4 is 10.6 Å². The Hall–Kier alpha value is -2.01. The summed E-state index contributed by atoms with van der Waals surface area (Å²) in [6, 6.07) is 7.02. The van der Waals surface area contributed by atoms with E-state index in [0.717, 1.165) is 5.76 Å². The van der Waals surface area contributed by atoms with Crippen molar-refractivity contribution in [3.63, 3.8) is 0 Å². The van der Waals surface area contributed by atoms with Crippen molar-refractivity contribution in [2.45, 2.75) is 6.42 Å². The zero-order valence-electron chi connectivity index (χ0n) is 10.4. The van der Waals surface area contributed by atoms with Gasteiger partial charge in [-0.15, -0.1) is 0 Å². The van der Waals surface area contributed by atoms with Crippen molar-refractivity contribution < 1.29 is 9.21 Å². The van der Waals surface area contributed by atoms with Gasteiger partial charge in [0, 0.05) is 20.0 Å². The summed E-state index contributed by atoms with van der Waals surface area (Å²) in [7, 11) is 1.73. The van der Waals surface area contributed by atoms with Gasteiger partial charge in [0.1, 0.15) is 17.3 Å². The molecule has 5 nitrogen and oxygen atoms in total. The first kappa shape index (κ1) is 13.4. The maximum Gasteiger partial charge on any atom is 0.271 e. The van der Waals surface area contributed by atoms with Gasteiger partial charge in [0.15, 0.2) is 0 Å². The van der Waals surface area contributed by atoms with Gasteiger partial charge in [-0.25, -0.2) is 4.98 Å². The third kappa shape index (κ3) is 3.48. The predicted molar refractivity (Wildman–Crippen MR) is 73.5 cm³/mol. The van der Waals surface area contributed by atoms with E-state index in [0.29, 0.717) is 23.8 Å². The smallest absolute Gasteiger partial charge is 0.271 e. The lowest BCUT2D eigenvalue weighted by molar-refractivity contribution is 0.0949. The molecule has 0 aliphatic rings. The van der Waals surface area contributed by atoms with Gasteiger partial charge in [0.05, 0.1) is 11.3 Å². The van der Waals surface area contributed by atoms with Crippen LogP contribution in [0.25, 0.3) is 0 Å². The number of furan rings is 1. The van der Waals surface area contributed by atoms with E-state index in [1.165, 1.54) is 0 Å². The Morgan fingerprint density at radius 1 is 1.42 bits per heavy atom. The number of rotatable bonds is 5. The number of hydrogen-bond acceptors (Lipinski definition) is 4. The minimum atomic E-state index is -0.298. The largest absolute Gasteiger partial charge is 0.469 e. The van der Waals surface area contributed by atoms with Crippen LogP contribution in [0.15, 0.2) is 34.9 Å². The molecule has 0 spiro atoms. The maximum absolute atomic E-state index is 11.9. The molecule has 100 valence electrons. The molecule has 0 bridgehead atoms. The van der Waals surface area contributed by atoms with Gasteiger partial charge in [-0.3, -0.25) is 4.79 Å². The Bertz CT molecular complexity index is 555. The van der Waals surface area contributed by atoms with Crippen LogP contribution in [0, 0.1) is 0 Å². The molecule has 2 N–H and O–H groups in total. The highest BCUT2D eigenvalue weighted by molar-refractivity contribution is 6.33. The van der Waals surface area contributed by atoms with Crippen LogP contribution in [0.3, 0.4) is 0 Å². The average molecular weight is 280 g/mol. The van der Waals surface area contributed by atoms with Gasteiger partial charge in [0.25, 0.3) is 5.91 Å². The summed E-state index contributed by atoms with van der Waals surface area (Å²) in [5, 5.41) is 5.95. The van der Waals surface area contributed by atoms with Gasteiger partial charge in [-0.05, 0) is 24.3 Å². The molecule has 6 heteroatoms. The fraction of sp³-hybridized carbons (Fsp3) is 0.231. The minimum Gasteiger partial charge on any atom is -0.469 e. The fourth-order valence-corrected chi connectivity index (χ4v) is 1.77. The Balaban J connectivity index is 1.95. The molecular weight excluding hydrogens is 266 g/mol. The fourth-order valence-electron chi connectivity index (χ4n) is 1.58. The molecule has 0 atom stereocenters. The maximum atomic E-state index is 11.9. The molecule has 0 radical (unpaired) electrons. The Morgan fingerprint density at radius 3 is 2.95 bits per heavy atom. The van der Waals surface area contributed by atoms with Gasteiger partial charge in [-0.2, -0.15) is 0 Å². The molecule has 0 aliphatic heterocycles. The lowest BCUT2D eigenvalue weighted by Crippen LogP contribution is -2.27. The third-order valence-corrected chi connectivity index (χ3v) is 2.86. The first-order valence-corrected chi connectivity index (χ1v) is 6.23. The Kier molecular flexibility index (Phi) is 4.41. The van der Waals surface area contributed by atoms with E-state index in [-0.39, 0.29) is 11.6 Å². The van der Waals surface area contributed by atoms with Crippen LogP contribution in [0.4, 0.5) is 5.82 Å². The summed E-state index contributed by atoms with van der Waals surface area (Å²) in [5.74, 6) is 1.12. The quantitative estimate of drug-likeness (QED) is 0.882.